The van der Waals surface area contributed by atoms with E-state index in [1.165, 1.54) is 24.3 Å². The van der Waals surface area contributed by atoms with E-state index in [2.05, 4.69) is 0 Å². The molecule has 100 valence electrons. The lowest BCUT2D eigenvalue weighted by molar-refractivity contribution is 0.0979. The van der Waals surface area contributed by atoms with Crippen molar-refractivity contribution in [1.82, 2.24) is 0 Å². The van der Waals surface area contributed by atoms with Crippen molar-refractivity contribution in [3.05, 3.63) is 66.6 Å². The molecule has 1 aliphatic carbocycles. The first-order valence-electron chi connectivity index (χ1n) is 5.47. The Hall–Kier alpha value is -1.06. The number of hydrogen-bond donors (Lipinski definition) is 0. The molecular formula is C14H4Cl4O2. The standard InChI is InChI=1S/C14H4Cl4O2/c15-5-1-8-12(11(18)2-5)14(20)7-4-10(17)9(16)3-6(7)13(8)19/h1-4H. The predicted octanol–water partition coefficient (Wildman–Crippen LogP) is 5.08. The Kier molecular flexibility index (Phi) is 3.30. The quantitative estimate of drug-likeness (QED) is 0.569. The van der Waals surface area contributed by atoms with Crippen LogP contribution in [0.1, 0.15) is 31.8 Å². The third kappa shape index (κ3) is 1.95. The molecule has 2 aromatic carbocycles. The number of carbonyl (C=O) groups is 2. The summed E-state index contributed by atoms with van der Waals surface area (Å²) in [5.41, 5.74) is 0.724. The molecule has 0 heterocycles. The second-order valence-corrected chi connectivity index (χ2v) is 5.94. The molecule has 0 aliphatic heterocycles. The maximum Gasteiger partial charge on any atom is 0.196 e. The average molecular weight is 346 g/mol. The van der Waals surface area contributed by atoms with Gasteiger partial charge in [-0.2, -0.15) is 0 Å². The van der Waals surface area contributed by atoms with Crippen molar-refractivity contribution in [2.24, 2.45) is 0 Å². The van der Waals surface area contributed by atoms with Crippen molar-refractivity contribution >= 4 is 58.0 Å². The van der Waals surface area contributed by atoms with Crippen LogP contribution in [0.3, 0.4) is 0 Å². The fourth-order valence-electron chi connectivity index (χ4n) is 2.19. The van der Waals surface area contributed by atoms with Crippen LogP contribution in [0, 0.1) is 0 Å². The van der Waals surface area contributed by atoms with E-state index in [1.807, 2.05) is 0 Å². The lowest BCUT2D eigenvalue weighted by atomic mass is 9.84. The summed E-state index contributed by atoms with van der Waals surface area (Å²) in [6.07, 6.45) is 0. The van der Waals surface area contributed by atoms with E-state index in [4.69, 9.17) is 46.4 Å². The fraction of sp³-hybridized carbons (Fsp3) is 0. The normalized spacial score (nSPS) is 13.2. The molecule has 2 aromatic rings. The molecule has 0 spiro atoms. The molecule has 20 heavy (non-hydrogen) atoms. The highest BCUT2D eigenvalue weighted by Crippen LogP contribution is 2.37. The van der Waals surface area contributed by atoms with Gasteiger partial charge >= 0.3 is 0 Å². The summed E-state index contributed by atoms with van der Waals surface area (Å²) in [6.45, 7) is 0. The van der Waals surface area contributed by atoms with Gasteiger partial charge in [-0.25, -0.2) is 0 Å². The lowest BCUT2D eigenvalue weighted by Crippen LogP contribution is -2.21. The Bertz CT molecular complexity index is 796. The first-order valence-corrected chi connectivity index (χ1v) is 6.99. The van der Waals surface area contributed by atoms with Gasteiger partial charge in [0, 0.05) is 21.7 Å². The van der Waals surface area contributed by atoms with Gasteiger partial charge in [0.05, 0.1) is 20.6 Å². The molecule has 0 unspecified atom stereocenters. The molecule has 0 amide bonds. The van der Waals surface area contributed by atoms with Crippen LogP contribution in [0.25, 0.3) is 0 Å². The third-order valence-electron chi connectivity index (χ3n) is 3.08. The highest BCUT2D eigenvalue weighted by Gasteiger charge is 2.32. The second-order valence-electron chi connectivity index (χ2n) is 4.28. The zero-order valence-electron chi connectivity index (χ0n) is 9.64. The molecule has 0 aromatic heterocycles. The minimum atomic E-state index is -0.366. The fourth-order valence-corrected chi connectivity index (χ4v) is 3.09. The maximum absolute atomic E-state index is 12.5. The average Bonchev–Trinajstić information content (AvgIpc) is 2.37. The van der Waals surface area contributed by atoms with E-state index in [-0.39, 0.29) is 48.9 Å². The van der Waals surface area contributed by atoms with Crippen LogP contribution in [0.5, 0.6) is 0 Å². The van der Waals surface area contributed by atoms with E-state index in [0.717, 1.165) is 0 Å². The molecule has 2 nitrogen and oxygen atoms in total. The van der Waals surface area contributed by atoms with E-state index in [0.29, 0.717) is 5.02 Å². The number of ketones is 2. The first kappa shape index (κ1) is 13.9. The van der Waals surface area contributed by atoms with E-state index in [9.17, 15) is 9.59 Å². The Labute approximate surface area is 134 Å². The zero-order chi connectivity index (χ0) is 14.6. The molecule has 0 bridgehead atoms. The molecule has 1 aliphatic rings. The van der Waals surface area contributed by atoms with E-state index >= 15 is 0 Å². The molecule has 0 atom stereocenters. The Balaban J connectivity index is 2.36. The number of rotatable bonds is 0. The predicted molar refractivity (Wildman–Crippen MR) is 79.8 cm³/mol. The summed E-state index contributed by atoms with van der Waals surface area (Å²) in [4.78, 5) is 24.9. The van der Waals surface area contributed by atoms with Crippen LogP contribution in [-0.2, 0) is 0 Å². The summed E-state index contributed by atoms with van der Waals surface area (Å²) >= 11 is 23.7. The van der Waals surface area contributed by atoms with Crippen molar-refractivity contribution in [2.45, 2.75) is 0 Å². The van der Waals surface area contributed by atoms with Crippen molar-refractivity contribution in [2.75, 3.05) is 0 Å². The molecule has 0 saturated heterocycles. The molecule has 6 heteroatoms. The maximum atomic E-state index is 12.5. The van der Waals surface area contributed by atoms with Gasteiger partial charge in [-0.05, 0) is 24.3 Å². The molecule has 0 fully saturated rings. The molecule has 3 rings (SSSR count). The summed E-state index contributed by atoms with van der Waals surface area (Å²) in [5.74, 6) is -0.715. The third-order valence-corrected chi connectivity index (χ3v) is 4.31. The van der Waals surface area contributed by atoms with Gasteiger partial charge in [0.2, 0.25) is 0 Å². The Morgan fingerprint density at radius 2 is 1.15 bits per heavy atom. The molecule has 0 radical (unpaired) electrons. The van der Waals surface area contributed by atoms with Crippen LogP contribution in [-0.4, -0.2) is 11.6 Å². The van der Waals surface area contributed by atoms with Gasteiger partial charge in [0.1, 0.15) is 0 Å². The molecule has 0 N–H and O–H groups in total. The molecular weight excluding hydrogens is 342 g/mol. The van der Waals surface area contributed by atoms with Crippen LogP contribution >= 0.6 is 46.4 Å². The van der Waals surface area contributed by atoms with Crippen LogP contribution in [0.4, 0.5) is 0 Å². The van der Waals surface area contributed by atoms with Gasteiger partial charge in [0.15, 0.2) is 11.6 Å². The highest BCUT2D eigenvalue weighted by atomic mass is 35.5. The SMILES string of the molecule is O=C1c2cc(Cl)c(Cl)cc2C(=O)c2c(Cl)cc(Cl)cc21. The van der Waals surface area contributed by atoms with E-state index in [1.54, 1.807) is 0 Å². The van der Waals surface area contributed by atoms with Gasteiger partial charge < -0.3 is 0 Å². The van der Waals surface area contributed by atoms with Gasteiger partial charge in [-0.1, -0.05) is 46.4 Å². The van der Waals surface area contributed by atoms with Crippen molar-refractivity contribution in [3.63, 3.8) is 0 Å². The van der Waals surface area contributed by atoms with Crippen LogP contribution in [0.2, 0.25) is 20.1 Å². The highest BCUT2D eigenvalue weighted by molar-refractivity contribution is 6.44. The summed E-state index contributed by atoms with van der Waals surface area (Å²) < 4.78 is 0. The first-order chi connectivity index (χ1) is 9.40. The molecule has 0 saturated carbocycles. The van der Waals surface area contributed by atoms with Gasteiger partial charge in [-0.15, -0.1) is 0 Å². The van der Waals surface area contributed by atoms with Gasteiger partial charge in [0.25, 0.3) is 0 Å². The number of hydrogen-bond acceptors (Lipinski definition) is 2. The smallest absolute Gasteiger partial charge is 0.196 e. The van der Waals surface area contributed by atoms with Crippen LogP contribution < -0.4 is 0 Å². The topological polar surface area (TPSA) is 34.1 Å². The number of halogens is 4. The Morgan fingerprint density at radius 1 is 0.600 bits per heavy atom. The summed E-state index contributed by atoms with van der Waals surface area (Å²) in [6, 6.07) is 5.62. The largest absolute Gasteiger partial charge is 0.289 e. The van der Waals surface area contributed by atoms with E-state index < -0.39 is 0 Å². The monoisotopic (exact) mass is 344 g/mol. The van der Waals surface area contributed by atoms with Crippen molar-refractivity contribution < 1.29 is 9.59 Å². The summed E-state index contributed by atoms with van der Waals surface area (Å²) in [7, 11) is 0. The summed E-state index contributed by atoms with van der Waals surface area (Å²) in [5, 5.41) is 0.851. The Morgan fingerprint density at radius 3 is 1.75 bits per heavy atom. The van der Waals surface area contributed by atoms with Gasteiger partial charge in [-0.3, -0.25) is 9.59 Å². The number of benzene rings is 2. The second kappa shape index (κ2) is 4.74. The zero-order valence-corrected chi connectivity index (χ0v) is 12.7. The number of fused-ring (bicyclic) bond motifs is 2. The van der Waals surface area contributed by atoms with Crippen LogP contribution in [0.15, 0.2) is 24.3 Å². The lowest BCUT2D eigenvalue weighted by Gasteiger charge is -2.19. The van der Waals surface area contributed by atoms with Crippen molar-refractivity contribution in [1.29, 1.82) is 0 Å². The minimum absolute atomic E-state index is 0.141. The minimum Gasteiger partial charge on any atom is -0.289 e. The number of carbonyl (C=O) groups excluding carboxylic acids is 2. The van der Waals surface area contributed by atoms with Crippen molar-refractivity contribution in [3.8, 4) is 0 Å².